The van der Waals surface area contributed by atoms with Crippen LogP contribution in [0.25, 0.3) is 10.8 Å². The van der Waals surface area contributed by atoms with Gasteiger partial charge in [0.2, 0.25) is 5.91 Å². The number of nitrogens with zero attached hydrogens (tertiary/aromatic N) is 2. The minimum Gasteiger partial charge on any atom is -0.347 e. The molecule has 0 aliphatic heterocycles. The molecular formula is C22H23N3O2. The molecular weight excluding hydrogens is 338 g/mol. The van der Waals surface area contributed by atoms with E-state index in [4.69, 9.17) is 0 Å². The van der Waals surface area contributed by atoms with Gasteiger partial charge in [-0.25, -0.2) is 4.68 Å². The van der Waals surface area contributed by atoms with Gasteiger partial charge in [-0.15, -0.1) is 0 Å². The quantitative estimate of drug-likeness (QED) is 0.758. The number of hydrogen-bond donors (Lipinski definition) is 1. The summed E-state index contributed by atoms with van der Waals surface area (Å²) in [6, 6.07) is 15.6. The van der Waals surface area contributed by atoms with Crippen LogP contribution in [0.4, 0.5) is 0 Å². The van der Waals surface area contributed by atoms with E-state index >= 15 is 0 Å². The summed E-state index contributed by atoms with van der Waals surface area (Å²) in [4.78, 5) is 25.4. The molecule has 1 amide bonds. The van der Waals surface area contributed by atoms with Gasteiger partial charge in [-0.2, -0.15) is 5.10 Å². The van der Waals surface area contributed by atoms with Crippen molar-refractivity contribution in [1.29, 1.82) is 0 Å². The molecule has 0 unspecified atom stereocenters. The van der Waals surface area contributed by atoms with Gasteiger partial charge in [0.1, 0.15) is 6.54 Å². The largest absolute Gasteiger partial charge is 0.347 e. The first-order chi connectivity index (χ1) is 13.0. The number of aryl methyl sites for hydroxylation is 2. The van der Waals surface area contributed by atoms with Crippen molar-refractivity contribution in [3.63, 3.8) is 0 Å². The molecule has 1 aliphatic carbocycles. The summed E-state index contributed by atoms with van der Waals surface area (Å²) in [6.07, 6.45) is 2.23. The van der Waals surface area contributed by atoms with Crippen molar-refractivity contribution in [1.82, 2.24) is 15.1 Å². The summed E-state index contributed by atoms with van der Waals surface area (Å²) in [6.45, 7) is 3.84. The number of aromatic nitrogens is 2. The fourth-order valence-electron chi connectivity index (χ4n) is 3.54. The van der Waals surface area contributed by atoms with Gasteiger partial charge >= 0.3 is 0 Å². The highest BCUT2D eigenvalue weighted by molar-refractivity contribution is 5.83. The third-order valence-corrected chi connectivity index (χ3v) is 5.19. The molecule has 27 heavy (non-hydrogen) atoms. The first-order valence-corrected chi connectivity index (χ1v) is 9.35. The number of amides is 1. The lowest BCUT2D eigenvalue weighted by Gasteiger charge is -2.19. The zero-order valence-electron chi connectivity index (χ0n) is 15.6. The molecule has 138 valence electrons. The number of hydrogen-bond acceptors (Lipinski definition) is 3. The van der Waals surface area contributed by atoms with Crippen molar-refractivity contribution in [3.8, 4) is 0 Å². The van der Waals surface area contributed by atoms with Gasteiger partial charge < -0.3 is 5.32 Å². The molecule has 4 rings (SSSR count). The number of nitrogens with one attached hydrogen (secondary N) is 1. The average Bonchev–Trinajstić information content (AvgIpc) is 3.50. The third kappa shape index (κ3) is 3.63. The normalized spacial score (nSPS) is 14.9. The molecule has 0 bridgehead atoms. The van der Waals surface area contributed by atoms with E-state index in [0.717, 1.165) is 29.5 Å². The standard InChI is InChI=1S/C22H23N3O2/c1-14-7-9-16(10-8-14)21(17-11-12-17)23-20(26)13-25-22(27)19-6-4-3-5-18(19)15(2)24-25/h3-10,17,21H,11-13H2,1-2H3,(H,23,26)/t21-/m0/s1. The average molecular weight is 361 g/mol. The summed E-state index contributed by atoms with van der Waals surface area (Å²) < 4.78 is 1.27. The second-order valence-electron chi connectivity index (χ2n) is 7.39. The van der Waals surface area contributed by atoms with E-state index in [1.54, 1.807) is 6.07 Å². The lowest BCUT2D eigenvalue weighted by Crippen LogP contribution is -2.36. The molecule has 0 radical (unpaired) electrons. The molecule has 0 spiro atoms. The Kier molecular flexibility index (Phi) is 4.52. The van der Waals surface area contributed by atoms with Crippen molar-refractivity contribution in [3.05, 3.63) is 75.7 Å². The van der Waals surface area contributed by atoms with Crippen LogP contribution in [0.1, 0.15) is 35.7 Å². The van der Waals surface area contributed by atoms with Crippen LogP contribution in [0.15, 0.2) is 53.3 Å². The highest BCUT2D eigenvalue weighted by Gasteiger charge is 2.33. The van der Waals surface area contributed by atoms with Gasteiger partial charge in [-0.3, -0.25) is 9.59 Å². The molecule has 0 saturated heterocycles. The molecule has 1 heterocycles. The number of rotatable bonds is 5. The predicted octanol–water partition coefficient (Wildman–Crippen LogP) is 3.28. The van der Waals surface area contributed by atoms with E-state index in [9.17, 15) is 9.59 Å². The molecule has 1 aliphatic rings. The van der Waals surface area contributed by atoms with Crippen LogP contribution in [0.2, 0.25) is 0 Å². The van der Waals surface area contributed by atoms with E-state index in [-0.39, 0.29) is 24.1 Å². The minimum absolute atomic E-state index is 0.00430. The summed E-state index contributed by atoms with van der Waals surface area (Å²) >= 11 is 0. The lowest BCUT2D eigenvalue weighted by atomic mass is 10.0. The van der Waals surface area contributed by atoms with E-state index in [1.165, 1.54) is 10.2 Å². The molecule has 3 aromatic rings. The minimum atomic E-state index is -0.232. The first-order valence-electron chi connectivity index (χ1n) is 9.35. The highest BCUT2D eigenvalue weighted by Crippen LogP contribution is 2.41. The van der Waals surface area contributed by atoms with Gasteiger partial charge in [0.15, 0.2) is 0 Å². The predicted molar refractivity (Wildman–Crippen MR) is 106 cm³/mol. The Labute approximate surface area is 158 Å². The Balaban J connectivity index is 1.57. The second-order valence-corrected chi connectivity index (χ2v) is 7.39. The maximum atomic E-state index is 12.7. The Hall–Kier alpha value is -2.95. The molecule has 2 aromatic carbocycles. The third-order valence-electron chi connectivity index (χ3n) is 5.19. The first kappa shape index (κ1) is 17.5. The van der Waals surface area contributed by atoms with Gasteiger partial charge in [0.05, 0.1) is 17.1 Å². The fraction of sp³-hybridized carbons (Fsp3) is 0.318. The van der Waals surface area contributed by atoms with Crippen LogP contribution in [0.5, 0.6) is 0 Å². The SMILES string of the molecule is Cc1ccc([C@H](NC(=O)Cn2nc(C)c3ccccc3c2=O)C2CC2)cc1. The van der Waals surface area contributed by atoms with E-state index in [2.05, 4.69) is 41.6 Å². The van der Waals surface area contributed by atoms with Crippen LogP contribution in [-0.2, 0) is 11.3 Å². The monoisotopic (exact) mass is 361 g/mol. The number of benzene rings is 2. The number of carbonyl (C=O) groups is 1. The van der Waals surface area contributed by atoms with Crippen molar-refractivity contribution >= 4 is 16.7 Å². The lowest BCUT2D eigenvalue weighted by molar-refractivity contribution is -0.122. The Morgan fingerprint density at radius 1 is 1.11 bits per heavy atom. The van der Waals surface area contributed by atoms with Gasteiger partial charge in [-0.05, 0) is 44.2 Å². The van der Waals surface area contributed by atoms with Crippen LogP contribution >= 0.6 is 0 Å². The van der Waals surface area contributed by atoms with Crippen LogP contribution in [0, 0.1) is 19.8 Å². The van der Waals surface area contributed by atoms with Crippen molar-refractivity contribution in [2.45, 2.75) is 39.3 Å². The zero-order chi connectivity index (χ0) is 19.0. The molecule has 1 fully saturated rings. The maximum Gasteiger partial charge on any atom is 0.275 e. The smallest absolute Gasteiger partial charge is 0.275 e. The number of fused-ring (bicyclic) bond motifs is 1. The molecule has 1 aromatic heterocycles. The fourth-order valence-corrected chi connectivity index (χ4v) is 3.54. The Morgan fingerprint density at radius 2 is 1.78 bits per heavy atom. The van der Waals surface area contributed by atoms with Gasteiger partial charge in [0.25, 0.3) is 5.56 Å². The van der Waals surface area contributed by atoms with E-state index in [0.29, 0.717) is 11.3 Å². The topological polar surface area (TPSA) is 64.0 Å². The summed E-state index contributed by atoms with van der Waals surface area (Å²) in [7, 11) is 0. The molecule has 5 heteroatoms. The van der Waals surface area contributed by atoms with Crippen LogP contribution < -0.4 is 10.9 Å². The van der Waals surface area contributed by atoms with Gasteiger partial charge in [0, 0.05) is 5.39 Å². The van der Waals surface area contributed by atoms with Crippen LogP contribution in [-0.4, -0.2) is 15.7 Å². The molecule has 5 nitrogen and oxygen atoms in total. The second kappa shape index (κ2) is 6.99. The molecule has 1 N–H and O–H groups in total. The van der Waals surface area contributed by atoms with E-state index in [1.807, 2.05) is 25.1 Å². The Morgan fingerprint density at radius 3 is 2.44 bits per heavy atom. The summed E-state index contributed by atoms with van der Waals surface area (Å²) in [5.41, 5.74) is 2.83. The molecule has 1 saturated carbocycles. The zero-order valence-corrected chi connectivity index (χ0v) is 15.6. The van der Waals surface area contributed by atoms with E-state index < -0.39 is 0 Å². The molecule has 1 atom stereocenters. The van der Waals surface area contributed by atoms with Gasteiger partial charge in [-0.1, -0.05) is 48.0 Å². The Bertz CT molecular complexity index is 1050. The number of carbonyl (C=O) groups excluding carboxylic acids is 1. The highest BCUT2D eigenvalue weighted by atomic mass is 16.2. The van der Waals surface area contributed by atoms with Crippen molar-refractivity contribution in [2.75, 3.05) is 0 Å². The summed E-state index contributed by atoms with van der Waals surface area (Å²) in [5.74, 6) is 0.288. The summed E-state index contributed by atoms with van der Waals surface area (Å²) in [5, 5.41) is 8.88. The van der Waals surface area contributed by atoms with Crippen molar-refractivity contribution in [2.24, 2.45) is 5.92 Å². The van der Waals surface area contributed by atoms with Crippen LogP contribution in [0.3, 0.4) is 0 Å². The van der Waals surface area contributed by atoms with Crippen molar-refractivity contribution < 1.29 is 4.79 Å². The maximum absolute atomic E-state index is 12.7.